The lowest BCUT2D eigenvalue weighted by molar-refractivity contribution is 0.0920. The van der Waals surface area contributed by atoms with Crippen molar-refractivity contribution < 1.29 is 13.2 Å². The fourth-order valence-electron chi connectivity index (χ4n) is 2.38. The van der Waals surface area contributed by atoms with Crippen LogP contribution in [0.5, 0.6) is 0 Å². The number of aromatic amines is 1. The second-order valence-corrected chi connectivity index (χ2v) is 7.30. The van der Waals surface area contributed by atoms with E-state index in [-0.39, 0.29) is 18.2 Å². The second-order valence-electron chi connectivity index (χ2n) is 5.32. The molecule has 1 aliphatic rings. The second kappa shape index (κ2) is 5.98. The molecule has 7 nitrogen and oxygen atoms in total. The molecule has 1 amide bonds. The van der Waals surface area contributed by atoms with Gasteiger partial charge < -0.3 is 10.3 Å². The Bertz CT molecular complexity index is 696. The van der Waals surface area contributed by atoms with Crippen molar-refractivity contribution in [2.24, 2.45) is 0 Å². The van der Waals surface area contributed by atoms with Crippen molar-refractivity contribution in [2.45, 2.75) is 25.8 Å². The quantitative estimate of drug-likeness (QED) is 0.809. The molecule has 0 bridgehead atoms. The summed E-state index contributed by atoms with van der Waals surface area (Å²) in [5, 5.41) is 2.73. The van der Waals surface area contributed by atoms with Crippen LogP contribution in [0.4, 0.5) is 0 Å². The molecule has 1 fully saturated rings. The zero-order chi connectivity index (χ0) is 15.6. The number of carbonyl (C=O) groups excluding carboxylic acids is 1. The van der Waals surface area contributed by atoms with Gasteiger partial charge in [-0.3, -0.25) is 9.59 Å². The van der Waals surface area contributed by atoms with Gasteiger partial charge in [0.15, 0.2) is 0 Å². The molecule has 0 unspecified atom stereocenters. The summed E-state index contributed by atoms with van der Waals surface area (Å²) in [5.41, 5.74) is 0.276. The monoisotopic (exact) mass is 313 g/mol. The van der Waals surface area contributed by atoms with Crippen LogP contribution >= 0.6 is 0 Å². The third-order valence-electron chi connectivity index (χ3n) is 3.49. The van der Waals surface area contributed by atoms with E-state index in [2.05, 4.69) is 10.3 Å². The zero-order valence-corrected chi connectivity index (χ0v) is 12.9. The number of nitrogens with zero attached hydrogens (tertiary/aromatic N) is 1. The first kappa shape index (κ1) is 15.7. The molecular weight excluding hydrogens is 294 g/mol. The van der Waals surface area contributed by atoms with Crippen molar-refractivity contribution in [1.29, 1.82) is 0 Å². The van der Waals surface area contributed by atoms with Crippen LogP contribution in [-0.4, -0.2) is 49.0 Å². The number of piperidine rings is 1. The van der Waals surface area contributed by atoms with E-state index in [0.717, 1.165) is 6.26 Å². The Kier molecular flexibility index (Phi) is 4.48. The fourth-order valence-corrected chi connectivity index (χ4v) is 3.29. The van der Waals surface area contributed by atoms with Gasteiger partial charge in [0.25, 0.3) is 11.5 Å². The van der Waals surface area contributed by atoms with E-state index in [0.29, 0.717) is 25.1 Å². The number of nitrogens with one attached hydrogen (secondary N) is 2. The molecule has 116 valence electrons. The van der Waals surface area contributed by atoms with Gasteiger partial charge in [-0.15, -0.1) is 0 Å². The molecule has 2 N–H and O–H groups in total. The lowest BCUT2D eigenvalue weighted by Crippen LogP contribution is -2.49. The first-order valence-corrected chi connectivity index (χ1v) is 8.58. The Labute approximate surface area is 123 Å². The van der Waals surface area contributed by atoms with Gasteiger partial charge in [-0.25, -0.2) is 12.7 Å². The van der Waals surface area contributed by atoms with E-state index in [1.807, 2.05) is 0 Å². The molecule has 0 radical (unpaired) electrons. The van der Waals surface area contributed by atoms with E-state index in [1.54, 1.807) is 13.0 Å². The molecule has 1 atom stereocenters. The minimum Gasteiger partial charge on any atom is -0.348 e. The molecule has 0 spiro atoms. The molecular formula is C13H19N3O4S. The molecule has 1 saturated heterocycles. The lowest BCUT2D eigenvalue weighted by Gasteiger charge is -2.31. The maximum Gasteiger partial charge on any atom is 0.260 e. The number of hydrogen-bond donors (Lipinski definition) is 2. The molecule has 1 aromatic heterocycles. The molecule has 1 aliphatic heterocycles. The minimum absolute atomic E-state index is 0.0390. The Morgan fingerprint density at radius 3 is 2.76 bits per heavy atom. The number of aryl methyl sites for hydroxylation is 1. The summed E-state index contributed by atoms with van der Waals surface area (Å²) in [5.74, 6) is -0.475. The Morgan fingerprint density at radius 1 is 1.43 bits per heavy atom. The molecule has 1 aromatic rings. The Balaban J connectivity index is 2.07. The first-order chi connectivity index (χ1) is 9.77. The van der Waals surface area contributed by atoms with Crippen LogP contribution in [0, 0.1) is 6.92 Å². The van der Waals surface area contributed by atoms with Crippen molar-refractivity contribution in [3.63, 3.8) is 0 Å². The highest BCUT2D eigenvalue weighted by molar-refractivity contribution is 7.88. The van der Waals surface area contributed by atoms with Gasteiger partial charge in [-0.1, -0.05) is 0 Å². The van der Waals surface area contributed by atoms with E-state index in [9.17, 15) is 18.0 Å². The topological polar surface area (TPSA) is 99.3 Å². The summed E-state index contributed by atoms with van der Waals surface area (Å²) < 4.78 is 24.4. The van der Waals surface area contributed by atoms with E-state index in [1.165, 1.54) is 10.4 Å². The van der Waals surface area contributed by atoms with Crippen LogP contribution in [0.25, 0.3) is 0 Å². The van der Waals surface area contributed by atoms with Gasteiger partial charge in [-0.2, -0.15) is 0 Å². The molecule has 2 heterocycles. The Hall–Kier alpha value is -1.67. The highest BCUT2D eigenvalue weighted by atomic mass is 32.2. The maximum absolute atomic E-state index is 12.1. The predicted molar refractivity (Wildman–Crippen MR) is 78.7 cm³/mol. The summed E-state index contributed by atoms with van der Waals surface area (Å²) >= 11 is 0. The third kappa shape index (κ3) is 3.92. The number of aromatic nitrogens is 1. The summed E-state index contributed by atoms with van der Waals surface area (Å²) in [4.78, 5) is 26.4. The van der Waals surface area contributed by atoms with Crippen molar-refractivity contribution in [1.82, 2.24) is 14.6 Å². The van der Waals surface area contributed by atoms with E-state index in [4.69, 9.17) is 0 Å². The standard InChI is InChI=1S/C13H19N3O4S/c1-9-5-6-11(12(17)14-9)13(18)15-10-4-3-7-16(8-10)21(2,19)20/h5-6,10H,3-4,7-8H2,1-2H3,(H,14,17)(H,15,18)/t10-/m1/s1. The highest BCUT2D eigenvalue weighted by Crippen LogP contribution is 2.13. The SMILES string of the molecule is Cc1ccc(C(=O)N[C@@H]2CCCN(S(C)(=O)=O)C2)c(=O)[nH]1. The van der Waals surface area contributed by atoms with Gasteiger partial charge in [-0.05, 0) is 31.9 Å². The van der Waals surface area contributed by atoms with Crippen LogP contribution < -0.4 is 10.9 Å². The van der Waals surface area contributed by atoms with Crippen molar-refractivity contribution in [3.8, 4) is 0 Å². The van der Waals surface area contributed by atoms with Crippen LogP contribution in [0.1, 0.15) is 28.9 Å². The highest BCUT2D eigenvalue weighted by Gasteiger charge is 2.27. The number of H-pyrrole nitrogens is 1. The number of rotatable bonds is 3. The van der Waals surface area contributed by atoms with Gasteiger partial charge >= 0.3 is 0 Å². The summed E-state index contributed by atoms with van der Waals surface area (Å²) in [7, 11) is -3.26. The zero-order valence-electron chi connectivity index (χ0n) is 12.0. The molecule has 8 heteroatoms. The smallest absolute Gasteiger partial charge is 0.260 e. The number of amides is 1. The van der Waals surface area contributed by atoms with Crippen molar-refractivity contribution in [2.75, 3.05) is 19.3 Å². The number of sulfonamides is 1. The largest absolute Gasteiger partial charge is 0.348 e. The van der Waals surface area contributed by atoms with Gasteiger partial charge in [0.05, 0.1) is 6.26 Å². The number of pyridine rings is 1. The van der Waals surface area contributed by atoms with Crippen molar-refractivity contribution in [3.05, 3.63) is 33.7 Å². The van der Waals surface area contributed by atoms with Crippen molar-refractivity contribution >= 4 is 15.9 Å². The molecule has 0 saturated carbocycles. The van der Waals surface area contributed by atoms with Crippen LogP contribution in [-0.2, 0) is 10.0 Å². The van der Waals surface area contributed by atoms with Gasteiger partial charge in [0.2, 0.25) is 10.0 Å². The summed E-state index contributed by atoms with van der Waals surface area (Å²) in [6.07, 6.45) is 2.53. The molecule has 21 heavy (non-hydrogen) atoms. The van der Waals surface area contributed by atoms with Crippen LogP contribution in [0.3, 0.4) is 0 Å². The predicted octanol–water partition coefficient (Wildman–Crippen LogP) is -0.163. The van der Waals surface area contributed by atoms with Gasteiger partial charge in [0.1, 0.15) is 5.56 Å². The Morgan fingerprint density at radius 2 is 2.14 bits per heavy atom. The maximum atomic E-state index is 12.1. The minimum atomic E-state index is -3.26. The number of hydrogen-bond acceptors (Lipinski definition) is 4. The first-order valence-electron chi connectivity index (χ1n) is 6.73. The molecule has 2 rings (SSSR count). The lowest BCUT2D eigenvalue weighted by atomic mass is 10.1. The molecule has 0 aliphatic carbocycles. The van der Waals surface area contributed by atoms with Crippen LogP contribution in [0.2, 0.25) is 0 Å². The average Bonchev–Trinajstić information content (AvgIpc) is 2.37. The molecule has 0 aromatic carbocycles. The van der Waals surface area contributed by atoms with Gasteiger partial charge in [0, 0.05) is 24.8 Å². The van der Waals surface area contributed by atoms with E-state index >= 15 is 0 Å². The van der Waals surface area contributed by atoms with E-state index < -0.39 is 21.5 Å². The third-order valence-corrected chi connectivity index (χ3v) is 4.76. The normalized spacial score (nSPS) is 20.2. The average molecular weight is 313 g/mol. The van der Waals surface area contributed by atoms with Crippen LogP contribution in [0.15, 0.2) is 16.9 Å². The summed E-state index contributed by atoms with van der Waals surface area (Å²) in [6, 6.07) is 2.85. The summed E-state index contributed by atoms with van der Waals surface area (Å²) in [6.45, 7) is 2.44. The number of carbonyl (C=O) groups is 1. The fraction of sp³-hybridized carbons (Fsp3) is 0.538.